The highest BCUT2D eigenvalue weighted by Gasteiger charge is 2.38. The standard InChI is InChI=1S/C26H26BN3/c1-18-15-19(2)24(20(3)16-18)27-22-13-9-10-14-23(22)29(5)26-25(27)28(4)17-30(26)21-11-7-6-8-12-21/h6-16H,1-5H3. The molecule has 4 heteroatoms. The van der Waals surface area contributed by atoms with Crippen molar-refractivity contribution < 1.29 is 4.57 Å². The lowest BCUT2D eigenvalue weighted by Gasteiger charge is -2.36. The lowest BCUT2D eigenvalue weighted by atomic mass is 9.35. The maximum absolute atomic E-state index is 3.58. The van der Waals surface area contributed by atoms with E-state index in [-0.39, 0.29) is 6.71 Å². The number of anilines is 2. The zero-order valence-electron chi connectivity index (χ0n) is 18.3. The predicted molar refractivity (Wildman–Crippen MR) is 126 cm³/mol. The number of nitrogens with zero attached hydrogens (tertiary/aromatic N) is 3. The Morgan fingerprint density at radius 3 is 2.20 bits per heavy atom. The fourth-order valence-corrected chi connectivity index (χ4v) is 5.15. The molecule has 0 radical (unpaired) electrons. The maximum Gasteiger partial charge on any atom is 0.244 e. The highest BCUT2D eigenvalue weighted by molar-refractivity contribution is 6.97. The van der Waals surface area contributed by atoms with Crippen molar-refractivity contribution in [3.8, 4) is 5.69 Å². The molecular weight excluding hydrogens is 365 g/mol. The van der Waals surface area contributed by atoms with E-state index in [1.807, 2.05) is 0 Å². The SMILES string of the molecule is Cc1cc(C)c(B2c3ccccc3N(C)c3c2[n+](C)[c-]n3-c2ccccc2)c(C)c1. The molecule has 3 aromatic carbocycles. The van der Waals surface area contributed by atoms with Crippen molar-refractivity contribution in [3.63, 3.8) is 0 Å². The van der Waals surface area contributed by atoms with Gasteiger partial charge in [0.2, 0.25) is 13.0 Å². The molecule has 0 saturated heterocycles. The van der Waals surface area contributed by atoms with Gasteiger partial charge in [0.05, 0.1) is 12.7 Å². The maximum atomic E-state index is 3.58. The number of hydrogen-bond donors (Lipinski definition) is 0. The van der Waals surface area contributed by atoms with Crippen LogP contribution in [0.15, 0.2) is 66.7 Å². The molecule has 3 nitrogen and oxygen atoms in total. The summed E-state index contributed by atoms with van der Waals surface area (Å²) in [7, 11) is 4.28. The number of para-hydroxylation sites is 2. The quantitative estimate of drug-likeness (QED) is 0.291. The molecule has 0 amide bonds. The largest absolute Gasteiger partial charge is 0.357 e. The van der Waals surface area contributed by atoms with Gasteiger partial charge in [-0.2, -0.15) is 0 Å². The molecule has 0 N–H and O–H groups in total. The molecule has 0 saturated carbocycles. The van der Waals surface area contributed by atoms with E-state index in [0.29, 0.717) is 0 Å². The second-order valence-electron chi connectivity index (χ2n) is 8.40. The highest BCUT2D eigenvalue weighted by Crippen LogP contribution is 2.28. The number of hydrogen-bond acceptors (Lipinski definition) is 1. The van der Waals surface area contributed by atoms with Gasteiger partial charge in [-0.3, -0.25) is 0 Å². The molecule has 0 aliphatic carbocycles. The van der Waals surface area contributed by atoms with Crippen LogP contribution in [0.4, 0.5) is 11.5 Å². The van der Waals surface area contributed by atoms with Crippen LogP contribution < -0.4 is 26.0 Å². The molecule has 1 aliphatic rings. The van der Waals surface area contributed by atoms with E-state index < -0.39 is 0 Å². The van der Waals surface area contributed by atoms with Crippen LogP contribution in [0.3, 0.4) is 0 Å². The fraction of sp³-hybridized carbons (Fsp3) is 0.192. The van der Waals surface area contributed by atoms with Crippen molar-refractivity contribution in [2.45, 2.75) is 20.8 Å². The van der Waals surface area contributed by atoms with Crippen molar-refractivity contribution in [1.29, 1.82) is 0 Å². The molecule has 0 bridgehead atoms. The average Bonchev–Trinajstić information content (AvgIpc) is 3.08. The zero-order chi connectivity index (χ0) is 21.0. The van der Waals surface area contributed by atoms with Crippen LogP contribution in [0.25, 0.3) is 5.69 Å². The third-order valence-electron chi connectivity index (χ3n) is 6.29. The van der Waals surface area contributed by atoms with Gasteiger partial charge in [-0.15, -0.1) is 0 Å². The van der Waals surface area contributed by atoms with Gasteiger partial charge in [-0.1, -0.05) is 88.3 Å². The molecule has 1 aliphatic heterocycles. The number of fused-ring (bicyclic) bond motifs is 2. The summed E-state index contributed by atoms with van der Waals surface area (Å²) in [5, 5.41) is 0. The van der Waals surface area contributed by atoms with Gasteiger partial charge in [0.15, 0.2) is 0 Å². The van der Waals surface area contributed by atoms with Gasteiger partial charge >= 0.3 is 0 Å². The number of aromatic nitrogens is 2. The Morgan fingerprint density at radius 2 is 1.50 bits per heavy atom. The average molecular weight is 391 g/mol. The minimum Gasteiger partial charge on any atom is -0.357 e. The zero-order valence-corrected chi connectivity index (χ0v) is 18.3. The Balaban J connectivity index is 1.85. The third-order valence-corrected chi connectivity index (χ3v) is 6.29. The van der Waals surface area contributed by atoms with Crippen LogP contribution in [-0.2, 0) is 7.05 Å². The first kappa shape index (κ1) is 18.7. The van der Waals surface area contributed by atoms with Crippen LogP contribution >= 0.6 is 0 Å². The van der Waals surface area contributed by atoms with Crippen molar-refractivity contribution in [3.05, 3.63) is 89.7 Å². The lowest BCUT2D eigenvalue weighted by molar-refractivity contribution is -0.657. The molecule has 1 aromatic heterocycles. The molecule has 2 heterocycles. The summed E-state index contributed by atoms with van der Waals surface area (Å²) in [5.74, 6) is 1.17. The van der Waals surface area contributed by atoms with Gasteiger partial charge < -0.3 is 14.0 Å². The monoisotopic (exact) mass is 391 g/mol. The van der Waals surface area contributed by atoms with Crippen LogP contribution in [-0.4, -0.2) is 18.3 Å². The van der Waals surface area contributed by atoms with Crippen LogP contribution in [0.1, 0.15) is 16.7 Å². The number of aryl methyl sites for hydroxylation is 4. The summed E-state index contributed by atoms with van der Waals surface area (Å²) in [6.07, 6.45) is 3.58. The molecular formula is C26H26BN3. The summed E-state index contributed by atoms with van der Waals surface area (Å²) >= 11 is 0. The van der Waals surface area contributed by atoms with Gasteiger partial charge in [0.1, 0.15) is 5.82 Å². The second kappa shape index (κ2) is 6.91. The summed E-state index contributed by atoms with van der Waals surface area (Å²) in [6.45, 7) is 6.83. The fourth-order valence-electron chi connectivity index (χ4n) is 5.15. The topological polar surface area (TPSA) is 12.1 Å². The number of imidazole rings is 1. The Kier molecular flexibility index (Phi) is 4.32. The molecule has 0 fully saturated rings. The molecule has 30 heavy (non-hydrogen) atoms. The van der Waals surface area contributed by atoms with E-state index in [4.69, 9.17) is 0 Å². The Bertz CT molecular complexity index is 1230. The first-order chi connectivity index (χ1) is 14.5. The normalized spacial score (nSPS) is 12.7. The smallest absolute Gasteiger partial charge is 0.244 e. The third kappa shape index (κ3) is 2.71. The van der Waals surface area contributed by atoms with Crippen LogP contribution in [0, 0.1) is 27.1 Å². The van der Waals surface area contributed by atoms with E-state index in [0.717, 1.165) is 5.69 Å². The van der Waals surface area contributed by atoms with E-state index >= 15 is 0 Å². The van der Waals surface area contributed by atoms with E-state index in [1.54, 1.807) is 0 Å². The van der Waals surface area contributed by atoms with Crippen molar-refractivity contribution in [2.75, 3.05) is 11.9 Å². The Hall–Kier alpha value is -3.27. The van der Waals surface area contributed by atoms with Crippen molar-refractivity contribution >= 4 is 34.7 Å². The van der Waals surface area contributed by atoms with E-state index in [9.17, 15) is 0 Å². The van der Waals surface area contributed by atoms with Gasteiger partial charge in [-0.05, 0) is 26.8 Å². The highest BCUT2D eigenvalue weighted by atomic mass is 15.3. The molecule has 5 rings (SSSR count). The summed E-state index contributed by atoms with van der Waals surface area (Å²) < 4.78 is 4.37. The van der Waals surface area contributed by atoms with Crippen LogP contribution in [0.5, 0.6) is 0 Å². The lowest BCUT2D eigenvalue weighted by Crippen LogP contribution is -2.67. The van der Waals surface area contributed by atoms with Crippen LogP contribution in [0.2, 0.25) is 0 Å². The molecule has 0 unspecified atom stereocenters. The van der Waals surface area contributed by atoms with Gasteiger partial charge in [0.25, 0.3) is 0 Å². The first-order valence-corrected chi connectivity index (χ1v) is 10.5. The summed E-state index contributed by atoms with van der Waals surface area (Å²) in [4.78, 5) is 2.31. The van der Waals surface area contributed by atoms with E-state index in [1.165, 1.54) is 44.7 Å². The Morgan fingerprint density at radius 1 is 0.867 bits per heavy atom. The van der Waals surface area contributed by atoms with Gasteiger partial charge in [-0.25, -0.2) is 0 Å². The minimum atomic E-state index is 0.166. The summed E-state index contributed by atoms with van der Waals surface area (Å²) in [6, 6.07) is 23.9. The molecule has 0 spiro atoms. The predicted octanol–water partition coefficient (Wildman–Crippen LogP) is 2.62. The molecule has 148 valence electrons. The van der Waals surface area contributed by atoms with Crippen molar-refractivity contribution in [1.82, 2.24) is 4.57 Å². The van der Waals surface area contributed by atoms with E-state index in [2.05, 4.69) is 122 Å². The number of benzene rings is 3. The van der Waals surface area contributed by atoms with Gasteiger partial charge in [0, 0.05) is 18.3 Å². The summed E-state index contributed by atoms with van der Waals surface area (Å²) in [5.41, 5.74) is 10.4. The second-order valence-corrected chi connectivity index (χ2v) is 8.40. The van der Waals surface area contributed by atoms with Crippen molar-refractivity contribution in [2.24, 2.45) is 7.05 Å². The molecule has 0 atom stereocenters. The minimum absolute atomic E-state index is 0.166. The first-order valence-electron chi connectivity index (χ1n) is 10.5. The molecule has 4 aromatic rings. The Labute approximate surface area is 179 Å². The number of rotatable bonds is 2.